The summed E-state index contributed by atoms with van der Waals surface area (Å²) in [5, 5.41) is 0.0884. The normalized spacial score (nSPS) is 10.3. The van der Waals surface area contributed by atoms with E-state index in [0.29, 0.717) is 5.75 Å². The highest BCUT2D eigenvalue weighted by Gasteiger charge is 2.09. The maximum atomic E-state index is 13.0. The van der Waals surface area contributed by atoms with Gasteiger partial charge in [-0.25, -0.2) is 8.78 Å². The third-order valence-corrected chi connectivity index (χ3v) is 2.44. The molecule has 0 bridgehead atoms. The molecule has 4 heteroatoms. The second-order valence-electron chi connectivity index (χ2n) is 2.13. The first-order valence-corrected chi connectivity index (χ1v) is 4.79. The van der Waals surface area contributed by atoms with Crippen LogP contribution >= 0.6 is 23.4 Å². The second kappa shape index (κ2) is 4.10. The average Bonchev–Trinajstić information content (AvgIpc) is 1.96. The van der Waals surface area contributed by atoms with Gasteiger partial charge in [0.05, 0.1) is 4.90 Å². The average molecular weight is 209 g/mol. The van der Waals surface area contributed by atoms with Crippen molar-refractivity contribution in [2.45, 2.75) is 11.8 Å². The molecule has 1 rings (SSSR count). The van der Waals surface area contributed by atoms with E-state index in [1.807, 2.05) is 6.92 Å². The van der Waals surface area contributed by atoms with Crippen molar-refractivity contribution in [1.29, 1.82) is 0 Å². The molecular formula is C8H7ClF2S. The van der Waals surface area contributed by atoms with Crippen LogP contribution in [0.5, 0.6) is 0 Å². The van der Waals surface area contributed by atoms with E-state index in [2.05, 4.69) is 0 Å². The molecule has 0 amide bonds. The summed E-state index contributed by atoms with van der Waals surface area (Å²) >= 11 is 6.56. The predicted molar refractivity (Wildman–Crippen MR) is 47.8 cm³/mol. The Morgan fingerprint density at radius 2 is 1.83 bits per heavy atom. The first-order chi connectivity index (χ1) is 5.65. The van der Waals surface area contributed by atoms with Crippen LogP contribution in [0.1, 0.15) is 6.92 Å². The summed E-state index contributed by atoms with van der Waals surface area (Å²) in [6.07, 6.45) is 0. The number of thioether (sulfide) groups is 1. The van der Waals surface area contributed by atoms with E-state index in [4.69, 9.17) is 11.6 Å². The highest BCUT2D eigenvalue weighted by molar-refractivity contribution is 7.99. The van der Waals surface area contributed by atoms with Crippen molar-refractivity contribution in [2.75, 3.05) is 5.75 Å². The summed E-state index contributed by atoms with van der Waals surface area (Å²) in [4.78, 5) is 0.0434. The van der Waals surface area contributed by atoms with E-state index in [0.717, 1.165) is 23.9 Å². The molecule has 1 aromatic carbocycles. The van der Waals surface area contributed by atoms with Crippen LogP contribution in [0.3, 0.4) is 0 Å². The molecule has 0 aliphatic heterocycles. The molecule has 0 aliphatic carbocycles. The molecule has 0 aromatic heterocycles. The van der Waals surface area contributed by atoms with Gasteiger partial charge in [-0.1, -0.05) is 18.5 Å². The number of hydrogen-bond acceptors (Lipinski definition) is 1. The van der Waals surface area contributed by atoms with Gasteiger partial charge in [-0.15, -0.1) is 11.8 Å². The minimum atomic E-state index is -0.591. The van der Waals surface area contributed by atoms with Gasteiger partial charge in [-0.2, -0.15) is 0 Å². The molecule has 0 fully saturated rings. The minimum absolute atomic E-state index is 0.0434. The number of halogens is 3. The Labute approximate surface area is 78.9 Å². The van der Waals surface area contributed by atoms with Crippen LogP contribution in [0.4, 0.5) is 8.78 Å². The van der Waals surface area contributed by atoms with Crippen LogP contribution in [0.2, 0.25) is 5.02 Å². The van der Waals surface area contributed by atoms with Crippen LogP contribution in [0, 0.1) is 11.6 Å². The monoisotopic (exact) mass is 208 g/mol. The van der Waals surface area contributed by atoms with Gasteiger partial charge in [-0.3, -0.25) is 0 Å². The summed E-state index contributed by atoms with van der Waals surface area (Å²) in [6, 6.07) is 2.23. The van der Waals surface area contributed by atoms with Crippen molar-refractivity contribution in [3.63, 3.8) is 0 Å². The molecule has 12 heavy (non-hydrogen) atoms. The zero-order valence-corrected chi connectivity index (χ0v) is 7.98. The van der Waals surface area contributed by atoms with Crippen molar-refractivity contribution in [2.24, 2.45) is 0 Å². The van der Waals surface area contributed by atoms with Crippen LogP contribution in [-0.2, 0) is 0 Å². The van der Waals surface area contributed by atoms with Gasteiger partial charge in [-0.05, 0) is 17.9 Å². The SMILES string of the molecule is CCSc1c(F)cc(Cl)cc1F. The maximum Gasteiger partial charge on any atom is 0.141 e. The van der Waals surface area contributed by atoms with Gasteiger partial charge in [0.2, 0.25) is 0 Å². The van der Waals surface area contributed by atoms with E-state index >= 15 is 0 Å². The Morgan fingerprint density at radius 3 is 2.25 bits per heavy atom. The summed E-state index contributed by atoms with van der Waals surface area (Å²) < 4.78 is 25.9. The predicted octanol–water partition coefficient (Wildman–Crippen LogP) is 3.73. The highest BCUT2D eigenvalue weighted by Crippen LogP contribution is 2.27. The van der Waals surface area contributed by atoms with Gasteiger partial charge in [0, 0.05) is 5.02 Å². The lowest BCUT2D eigenvalue weighted by Crippen LogP contribution is -1.87. The van der Waals surface area contributed by atoms with Crippen molar-refractivity contribution >= 4 is 23.4 Å². The smallest absolute Gasteiger partial charge is 0.141 e. The van der Waals surface area contributed by atoms with E-state index in [-0.39, 0.29) is 9.92 Å². The molecule has 0 heterocycles. The molecule has 0 aliphatic rings. The van der Waals surface area contributed by atoms with E-state index < -0.39 is 11.6 Å². The molecule has 0 spiro atoms. The van der Waals surface area contributed by atoms with Crippen molar-refractivity contribution in [3.05, 3.63) is 28.8 Å². The molecule has 0 radical (unpaired) electrons. The van der Waals surface area contributed by atoms with Crippen LogP contribution in [-0.4, -0.2) is 5.75 Å². The van der Waals surface area contributed by atoms with Gasteiger partial charge < -0.3 is 0 Å². The van der Waals surface area contributed by atoms with Crippen LogP contribution in [0.15, 0.2) is 17.0 Å². The van der Waals surface area contributed by atoms with Crippen molar-refractivity contribution in [3.8, 4) is 0 Å². The zero-order valence-electron chi connectivity index (χ0n) is 6.40. The fraction of sp³-hybridized carbons (Fsp3) is 0.250. The Bertz CT molecular complexity index is 265. The maximum absolute atomic E-state index is 13.0. The molecule has 0 saturated carbocycles. The lowest BCUT2D eigenvalue weighted by atomic mass is 10.3. The summed E-state index contributed by atoms with van der Waals surface area (Å²) in [6.45, 7) is 1.83. The fourth-order valence-corrected chi connectivity index (χ4v) is 1.69. The largest absolute Gasteiger partial charge is 0.206 e. The molecule has 0 nitrogen and oxygen atoms in total. The van der Waals surface area contributed by atoms with Gasteiger partial charge in [0.25, 0.3) is 0 Å². The molecule has 0 atom stereocenters. The van der Waals surface area contributed by atoms with E-state index in [1.165, 1.54) is 0 Å². The van der Waals surface area contributed by atoms with Crippen molar-refractivity contribution in [1.82, 2.24) is 0 Å². The standard InChI is InChI=1S/C8H7ClF2S/c1-2-12-8-6(10)3-5(9)4-7(8)11/h3-4H,2H2,1H3. The Hall–Kier alpha value is -0.280. The van der Waals surface area contributed by atoms with E-state index in [1.54, 1.807) is 0 Å². The van der Waals surface area contributed by atoms with E-state index in [9.17, 15) is 8.78 Å². The number of rotatable bonds is 2. The lowest BCUT2D eigenvalue weighted by molar-refractivity contribution is 0.541. The number of benzene rings is 1. The first-order valence-electron chi connectivity index (χ1n) is 3.42. The Balaban J connectivity index is 3.10. The summed E-state index contributed by atoms with van der Waals surface area (Å²) in [5.41, 5.74) is 0. The van der Waals surface area contributed by atoms with Gasteiger partial charge >= 0.3 is 0 Å². The molecule has 0 N–H and O–H groups in total. The molecule has 66 valence electrons. The molecule has 1 aromatic rings. The third-order valence-electron chi connectivity index (χ3n) is 1.25. The molecule has 0 saturated heterocycles. The number of hydrogen-bond donors (Lipinski definition) is 0. The third kappa shape index (κ3) is 2.11. The quantitative estimate of drug-likeness (QED) is 0.668. The van der Waals surface area contributed by atoms with Crippen LogP contribution in [0.25, 0.3) is 0 Å². The van der Waals surface area contributed by atoms with Crippen molar-refractivity contribution < 1.29 is 8.78 Å². The zero-order chi connectivity index (χ0) is 9.14. The fourth-order valence-electron chi connectivity index (χ4n) is 0.811. The molecular weight excluding hydrogens is 202 g/mol. The Kier molecular flexibility index (Phi) is 3.35. The summed E-state index contributed by atoms with van der Waals surface area (Å²) in [5.74, 6) is -0.547. The molecule has 0 unspecified atom stereocenters. The van der Waals surface area contributed by atoms with Gasteiger partial charge in [0.1, 0.15) is 11.6 Å². The minimum Gasteiger partial charge on any atom is -0.206 e. The second-order valence-corrected chi connectivity index (χ2v) is 3.84. The van der Waals surface area contributed by atoms with Crippen LogP contribution < -0.4 is 0 Å². The lowest BCUT2D eigenvalue weighted by Gasteiger charge is -2.02. The van der Waals surface area contributed by atoms with Gasteiger partial charge in [0.15, 0.2) is 0 Å². The first kappa shape index (κ1) is 9.81. The highest BCUT2D eigenvalue weighted by atomic mass is 35.5. The topological polar surface area (TPSA) is 0 Å². The Morgan fingerprint density at radius 1 is 1.33 bits per heavy atom. The summed E-state index contributed by atoms with van der Waals surface area (Å²) in [7, 11) is 0.